The van der Waals surface area contributed by atoms with Gasteiger partial charge >= 0.3 is 0 Å². The molecule has 150 valence electrons. The van der Waals surface area contributed by atoms with Crippen LogP contribution in [0, 0.1) is 10.1 Å². The van der Waals surface area contributed by atoms with Gasteiger partial charge in [0.2, 0.25) is 6.23 Å². The summed E-state index contributed by atoms with van der Waals surface area (Å²) in [7, 11) is 1.64. The highest BCUT2D eigenvalue weighted by Crippen LogP contribution is 2.47. The number of nitro groups is 1. The second kappa shape index (κ2) is 7.18. The van der Waals surface area contributed by atoms with Gasteiger partial charge in [-0.1, -0.05) is 30.3 Å². The van der Waals surface area contributed by atoms with Crippen molar-refractivity contribution in [3.63, 3.8) is 0 Å². The highest BCUT2D eigenvalue weighted by molar-refractivity contribution is 6.02. The Morgan fingerprint density at radius 3 is 2.67 bits per heavy atom. The van der Waals surface area contributed by atoms with Crippen LogP contribution in [0.2, 0.25) is 0 Å². The summed E-state index contributed by atoms with van der Waals surface area (Å²) >= 11 is 0. The van der Waals surface area contributed by atoms with Gasteiger partial charge in [0.05, 0.1) is 23.8 Å². The third-order valence-electron chi connectivity index (χ3n) is 5.49. The molecule has 0 aromatic heterocycles. The lowest BCUT2D eigenvalue weighted by Gasteiger charge is -2.38. The molecule has 30 heavy (non-hydrogen) atoms. The molecule has 0 N–H and O–H groups in total. The summed E-state index contributed by atoms with van der Waals surface area (Å²) in [5.41, 5.74) is 3.75. The summed E-state index contributed by atoms with van der Waals surface area (Å²) in [6.07, 6.45) is 0.179. The van der Waals surface area contributed by atoms with E-state index in [1.807, 2.05) is 59.6 Å². The van der Waals surface area contributed by atoms with E-state index < -0.39 is 11.2 Å². The first-order chi connectivity index (χ1) is 14.6. The number of para-hydroxylation sites is 1. The van der Waals surface area contributed by atoms with Gasteiger partial charge in [-0.2, -0.15) is 5.10 Å². The molecule has 2 aliphatic rings. The van der Waals surface area contributed by atoms with E-state index in [-0.39, 0.29) is 11.7 Å². The second-order valence-corrected chi connectivity index (χ2v) is 7.24. The number of ether oxygens (including phenoxy) is 2. The summed E-state index contributed by atoms with van der Waals surface area (Å²) in [6.45, 7) is 0. The van der Waals surface area contributed by atoms with E-state index in [1.54, 1.807) is 19.2 Å². The molecule has 7 heteroatoms. The molecule has 0 saturated carbocycles. The Labute approximate surface area is 173 Å². The van der Waals surface area contributed by atoms with Crippen LogP contribution >= 0.6 is 0 Å². The highest BCUT2D eigenvalue weighted by atomic mass is 16.6. The standard InChI is InChI=1S/C23H19N3O4/c1-29-18-11-9-15(10-12-18)20-14-21-19-7-2-3-8-22(19)30-23(25(21)24-20)16-5-4-6-17(13-16)26(27)28/h2-13,21,23H,14H2,1H3/t21-,23-/m0/s1. The SMILES string of the molecule is COc1ccc(C2=NN3[C@@H](C2)c2ccccc2O[C@H]3c2cccc([N+](=O)[O-])c2)cc1. The number of methoxy groups -OCH3 is 1. The lowest BCUT2D eigenvalue weighted by Crippen LogP contribution is -2.33. The van der Waals surface area contributed by atoms with Crippen LogP contribution in [0.15, 0.2) is 77.9 Å². The Bertz CT molecular complexity index is 1140. The molecule has 0 saturated heterocycles. The third-order valence-corrected chi connectivity index (χ3v) is 5.49. The number of non-ortho nitro benzene ring substituents is 1. The fourth-order valence-corrected chi connectivity index (χ4v) is 4.00. The maximum absolute atomic E-state index is 11.3. The quantitative estimate of drug-likeness (QED) is 0.462. The minimum atomic E-state index is -0.541. The number of hydrazone groups is 1. The molecule has 0 unspecified atom stereocenters. The summed E-state index contributed by atoms with van der Waals surface area (Å²) in [4.78, 5) is 10.9. The average molecular weight is 401 g/mol. The van der Waals surface area contributed by atoms with Crippen LogP contribution in [-0.4, -0.2) is 22.8 Å². The minimum Gasteiger partial charge on any atom is -0.497 e. The van der Waals surface area contributed by atoms with Gasteiger partial charge in [0.25, 0.3) is 5.69 Å². The number of nitrogens with zero attached hydrogens (tertiary/aromatic N) is 3. The molecular formula is C23H19N3O4. The molecule has 0 bridgehead atoms. The molecule has 0 spiro atoms. The van der Waals surface area contributed by atoms with Crippen LogP contribution in [0.5, 0.6) is 11.5 Å². The zero-order valence-corrected chi connectivity index (χ0v) is 16.3. The summed E-state index contributed by atoms with van der Waals surface area (Å²) in [5.74, 6) is 1.57. The molecule has 3 aromatic rings. The van der Waals surface area contributed by atoms with Crippen molar-refractivity contribution in [3.05, 3.63) is 99.6 Å². The van der Waals surface area contributed by atoms with E-state index in [0.29, 0.717) is 5.56 Å². The number of nitro benzene ring substituents is 1. The largest absolute Gasteiger partial charge is 0.497 e. The molecule has 5 rings (SSSR count). The molecule has 2 atom stereocenters. The normalized spacial score (nSPS) is 19.4. The van der Waals surface area contributed by atoms with Crippen molar-refractivity contribution in [1.82, 2.24) is 5.01 Å². The molecule has 7 nitrogen and oxygen atoms in total. The van der Waals surface area contributed by atoms with Crippen LogP contribution in [0.1, 0.15) is 35.4 Å². The molecule has 3 aromatic carbocycles. The maximum Gasteiger partial charge on any atom is 0.269 e. The van der Waals surface area contributed by atoms with Gasteiger partial charge in [-0.3, -0.25) is 10.1 Å². The van der Waals surface area contributed by atoms with Crippen molar-refractivity contribution in [3.8, 4) is 11.5 Å². The van der Waals surface area contributed by atoms with Gasteiger partial charge in [0.1, 0.15) is 11.5 Å². The number of fused-ring (bicyclic) bond motifs is 3. The van der Waals surface area contributed by atoms with Crippen LogP contribution in [0.3, 0.4) is 0 Å². The number of rotatable bonds is 4. The average Bonchev–Trinajstić information content (AvgIpc) is 3.24. The zero-order chi connectivity index (χ0) is 20.7. The van der Waals surface area contributed by atoms with Gasteiger partial charge in [-0.05, 0) is 35.9 Å². The Kier molecular flexibility index (Phi) is 4.35. The molecule has 0 aliphatic carbocycles. The zero-order valence-electron chi connectivity index (χ0n) is 16.3. The van der Waals surface area contributed by atoms with Gasteiger partial charge in [-0.15, -0.1) is 0 Å². The Morgan fingerprint density at radius 1 is 1.10 bits per heavy atom. The second-order valence-electron chi connectivity index (χ2n) is 7.24. The van der Waals surface area contributed by atoms with Gasteiger partial charge in [-0.25, -0.2) is 5.01 Å². The fraction of sp³-hybridized carbons (Fsp3) is 0.174. The van der Waals surface area contributed by atoms with Crippen LogP contribution in [0.4, 0.5) is 5.69 Å². The van der Waals surface area contributed by atoms with Crippen molar-refractivity contribution in [2.24, 2.45) is 5.10 Å². The topological polar surface area (TPSA) is 77.2 Å². The third kappa shape index (κ3) is 3.04. The van der Waals surface area contributed by atoms with Crippen LogP contribution < -0.4 is 9.47 Å². The van der Waals surface area contributed by atoms with Crippen LogP contribution in [-0.2, 0) is 0 Å². The summed E-state index contributed by atoms with van der Waals surface area (Å²) < 4.78 is 11.5. The smallest absolute Gasteiger partial charge is 0.269 e. The minimum absolute atomic E-state index is 0.00341. The predicted molar refractivity (Wildman–Crippen MR) is 112 cm³/mol. The van der Waals surface area contributed by atoms with Gasteiger partial charge < -0.3 is 9.47 Å². The first-order valence-electron chi connectivity index (χ1n) is 9.64. The van der Waals surface area contributed by atoms with Crippen molar-refractivity contribution in [2.45, 2.75) is 18.7 Å². The molecule has 2 heterocycles. The first kappa shape index (κ1) is 18.2. The lowest BCUT2D eigenvalue weighted by atomic mass is 9.96. The highest BCUT2D eigenvalue weighted by Gasteiger charge is 2.41. The van der Waals surface area contributed by atoms with Crippen molar-refractivity contribution < 1.29 is 14.4 Å². The van der Waals surface area contributed by atoms with E-state index in [0.717, 1.165) is 34.8 Å². The molecular weight excluding hydrogens is 382 g/mol. The molecule has 0 fully saturated rings. The first-order valence-corrected chi connectivity index (χ1v) is 9.64. The number of hydrogen-bond acceptors (Lipinski definition) is 6. The monoisotopic (exact) mass is 401 g/mol. The Hall–Kier alpha value is -3.87. The molecule has 0 radical (unpaired) electrons. The Balaban J connectivity index is 1.57. The van der Waals surface area contributed by atoms with E-state index in [2.05, 4.69) is 0 Å². The van der Waals surface area contributed by atoms with Crippen molar-refractivity contribution in [2.75, 3.05) is 7.11 Å². The Morgan fingerprint density at radius 2 is 1.90 bits per heavy atom. The number of hydrogen-bond donors (Lipinski definition) is 0. The van der Waals surface area contributed by atoms with Crippen molar-refractivity contribution >= 4 is 11.4 Å². The van der Waals surface area contributed by atoms with E-state index >= 15 is 0 Å². The lowest BCUT2D eigenvalue weighted by molar-refractivity contribution is -0.385. The fourth-order valence-electron chi connectivity index (χ4n) is 4.00. The predicted octanol–water partition coefficient (Wildman–Crippen LogP) is 4.85. The maximum atomic E-state index is 11.3. The van der Waals surface area contributed by atoms with Gasteiger partial charge in [0, 0.05) is 29.7 Å². The number of benzene rings is 3. The summed E-state index contributed by atoms with van der Waals surface area (Å²) in [6, 6.07) is 22.2. The van der Waals surface area contributed by atoms with Crippen LogP contribution in [0.25, 0.3) is 0 Å². The van der Waals surface area contributed by atoms with Crippen molar-refractivity contribution in [1.29, 1.82) is 0 Å². The van der Waals surface area contributed by atoms with E-state index in [4.69, 9.17) is 14.6 Å². The summed E-state index contributed by atoms with van der Waals surface area (Å²) in [5, 5.41) is 18.1. The van der Waals surface area contributed by atoms with E-state index in [1.165, 1.54) is 6.07 Å². The molecule has 0 amide bonds. The van der Waals surface area contributed by atoms with Gasteiger partial charge in [0.15, 0.2) is 0 Å². The molecule has 2 aliphatic heterocycles. The van der Waals surface area contributed by atoms with E-state index in [9.17, 15) is 10.1 Å².